The Balaban J connectivity index is 1.92. The highest BCUT2D eigenvalue weighted by Crippen LogP contribution is 2.26. The number of nitrogens with one attached hydrogen (secondary N) is 1. The number of fused-ring (bicyclic) bond motifs is 1. The van der Waals surface area contributed by atoms with Crippen molar-refractivity contribution < 1.29 is 14.3 Å². The number of hydrogen-bond acceptors (Lipinski definition) is 3. The zero-order valence-corrected chi connectivity index (χ0v) is 9.05. The van der Waals surface area contributed by atoms with E-state index in [0.717, 1.165) is 16.5 Å². The molecule has 4 heteroatoms. The van der Waals surface area contributed by atoms with Crippen LogP contribution in [0.15, 0.2) is 42.5 Å². The molecule has 1 N–H and O–H groups in total. The van der Waals surface area contributed by atoms with Crippen molar-refractivity contribution in [3.8, 4) is 5.75 Å². The molecule has 0 aliphatic carbocycles. The van der Waals surface area contributed by atoms with Gasteiger partial charge in [-0.25, -0.2) is 4.79 Å². The van der Waals surface area contributed by atoms with Gasteiger partial charge in [-0.3, -0.25) is 0 Å². The van der Waals surface area contributed by atoms with Crippen LogP contribution in [0.1, 0.15) is 0 Å². The van der Waals surface area contributed by atoms with E-state index in [0.29, 0.717) is 6.54 Å². The average Bonchev–Trinajstić information content (AvgIpc) is 2.75. The second-order valence-electron chi connectivity index (χ2n) is 3.81. The van der Waals surface area contributed by atoms with Gasteiger partial charge in [0.15, 0.2) is 0 Å². The zero-order chi connectivity index (χ0) is 11.7. The molecule has 3 rings (SSSR count). The lowest BCUT2D eigenvalue weighted by Gasteiger charge is -2.13. The van der Waals surface area contributed by atoms with Gasteiger partial charge in [0.05, 0.1) is 6.54 Å². The van der Waals surface area contributed by atoms with E-state index in [1.54, 1.807) is 0 Å². The summed E-state index contributed by atoms with van der Waals surface area (Å²) in [5.41, 5.74) is 0. The number of rotatable bonds is 2. The van der Waals surface area contributed by atoms with Crippen LogP contribution in [0, 0.1) is 0 Å². The lowest BCUT2D eigenvalue weighted by Crippen LogP contribution is -2.20. The summed E-state index contributed by atoms with van der Waals surface area (Å²) in [7, 11) is 0. The fraction of sp³-hybridized carbons (Fsp3) is 0.154. The van der Waals surface area contributed by atoms with Gasteiger partial charge in [-0.1, -0.05) is 36.4 Å². The van der Waals surface area contributed by atoms with Gasteiger partial charge in [-0.2, -0.15) is 0 Å². The van der Waals surface area contributed by atoms with Crippen LogP contribution in [-0.2, 0) is 4.74 Å². The molecule has 2 aromatic carbocycles. The molecule has 1 atom stereocenters. The lowest BCUT2D eigenvalue weighted by molar-refractivity contribution is 0.00656. The topological polar surface area (TPSA) is 47.6 Å². The Labute approximate surface area is 98.1 Å². The minimum absolute atomic E-state index is 0.377. The van der Waals surface area contributed by atoms with Crippen molar-refractivity contribution >= 4 is 16.9 Å². The summed E-state index contributed by atoms with van der Waals surface area (Å²) >= 11 is 0. The molecule has 17 heavy (non-hydrogen) atoms. The van der Waals surface area contributed by atoms with Crippen molar-refractivity contribution in [1.29, 1.82) is 0 Å². The first-order valence-electron chi connectivity index (χ1n) is 5.42. The van der Waals surface area contributed by atoms with Gasteiger partial charge in [0.1, 0.15) is 5.75 Å². The molecule has 0 saturated carbocycles. The van der Waals surface area contributed by atoms with Crippen LogP contribution in [-0.4, -0.2) is 18.9 Å². The largest absolute Gasteiger partial charge is 0.452 e. The van der Waals surface area contributed by atoms with Crippen LogP contribution in [0.4, 0.5) is 4.79 Å². The molecule has 2 aromatic rings. The second-order valence-corrected chi connectivity index (χ2v) is 3.81. The van der Waals surface area contributed by atoms with Crippen molar-refractivity contribution in [3.63, 3.8) is 0 Å². The Morgan fingerprint density at radius 1 is 1.18 bits per heavy atom. The van der Waals surface area contributed by atoms with Crippen molar-refractivity contribution in [2.24, 2.45) is 0 Å². The Morgan fingerprint density at radius 3 is 2.82 bits per heavy atom. The smallest absolute Gasteiger partial charge is 0.410 e. The zero-order valence-electron chi connectivity index (χ0n) is 9.05. The minimum Gasteiger partial charge on any atom is -0.452 e. The molecule has 1 saturated heterocycles. The molecular weight excluding hydrogens is 218 g/mol. The van der Waals surface area contributed by atoms with Crippen molar-refractivity contribution in [1.82, 2.24) is 5.32 Å². The Bertz CT molecular complexity index is 562. The fourth-order valence-electron chi connectivity index (χ4n) is 1.88. The van der Waals surface area contributed by atoms with Crippen LogP contribution < -0.4 is 10.1 Å². The summed E-state index contributed by atoms with van der Waals surface area (Å²) in [6.45, 7) is 0.377. The third-order valence-corrected chi connectivity index (χ3v) is 2.66. The highest BCUT2D eigenvalue weighted by Gasteiger charge is 2.24. The Kier molecular flexibility index (Phi) is 2.33. The number of carbonyl (C=O) groups excluding carboxylic acids is 1. The fourth-order valence-corrected chi connectivity index (χ4v) is 1.88. The quantitative estimate of drug-likeness (QED) is 0.859. The first kappa shape index (κ1) is 9.96. The highest BCUT2D eigenvalue weighted by atomic mass is 16.7. The Morgan fingerprint density at radius 2 is 2.00 bits per heavy atom. The number of hydrogen-bond donors (Lipinski definition) is 1. The molecule has 1 unspecified atom stereocenters. The van der Waals surface area contributed by atoms with Crippen LogP contribution in [0.3, 0.4) is 0 Å². The van der Waals surface area contributed by atoms with E-state index < -0.39 is 12.4 Å². The minimum atomic E-state index is -0.548. The second kappa shape index (κ2) is 3.97. The summed E-state index contributed by atoms with van der Waals surface area (Å²) in [6, 6.07) is 13.7. The predicted molar refractivity (Wildman–Crippen MR) is 62.8 cm³/mol. The van der Waals surface area contributed by atoms with E-state index >= 15 is 0 Å². The number of benzene rings is 2. The first-order valence-corrected chi connectivity index (χ1v) is 5.42. The lowest BCUT2D eigenvalue weighted by atomic mass is 10.1. The van der Waals surface area contributed by atoms with Crippen molar-refractivity contribution in [2.45, 2.75) is 6.29 Å². The molecule has 0 bridgehead atoms. The van der Waals surface area contributed by atoms with E-state index in [4.69, 9.17) is 9.47 Å². The summed E-state index contributed by atoms with van der Waals surface area (Å²) in [6.07, 6.45) is -0.983. The monoisotopic (exact) mass is 229 g/mol. The average molecular weight is 229 g/mol. The summed E-state index contributed by atoms with van der Waals surface area (Å²) in [4.78, 5) is 10.9. The Hall–Kier alpha value is -2.23. The van der Waals surface area contributed by atoms with Crippen molar-refractivity contribution in [3.05, 3.63) is 42.5 Å². The van der Waals surface area contributed by atoms with Gasteiger partial charge in [0, 0.05) is 5.39 Å². The predicted octanol–water partition coefficient (Wildman–Crippen LogP) is 2.28. The standard InChI is InChI=1S/C13H11NO3/c15-13-14-8-12(17-13)16-11-7-3-5-9-4-1-2-6-10(9)11/h1-7,12H,8H2,(H,14,15). The van der Waals surface area contributed by atoms with E-state index in [9.17, 15) is 4.79 Å². The van der Waals surface area contributed by atoms with E-state index in [1.807, 2.05) is 42.5 Å². The first-order chi connectivity index (χ1) is 8.33. The van der Waals surface area contributed by atoms with Gasteiger partial charge in [-0.15, -0.1) is 0 Å². The van der Waals surface area contributed by atoms with Gasteiger partial charge in [-0.05, 0) is 11.5 Å². The van der Waals surface area contributed by atoms with Crippen molar-refractivity contribution in [2.75, 3.05) is 6.54 Å². The van der Waals surface area contributed by atoms with Gasteiger partial charge < -0.3 is 14.8 Å². The van der Waals surface area contributed by atoms with Crippen LogP contribution in [0.5, 0.6) is 5.75 Å². The van der Waals surface area contributed by atoms with Crippen LogP contribution in [0.25, 0.3) is 10.8 Å². The maximum absolute atomic E-state index is 10.9. The summed E-state index contributed by atoms with van der Waals surface area (Å²) in [5.74, 6) is 0.726. The molecule has 1 aliphatic heterocycles. The number of ether oxygens (including phenoxy) is 2. The molecule has 0 aromatic heterocycles. The maximum atomic E-state index is 10.9. The molecule has 1 amide bonds. The molecule has 0 radical (unpaired) electrons. The van der Waals surface area contributed by atoms with E-state index in [2.05, 4.69) is 5.32 Å². The van der Waals surface area contributed by atoms with Crippen LogP contribution >= 0.6 is 0 Å². The van der Waals surface area contributed by atoms with E-state index in [-0.39, 0.29) is 0 Å². The molecule has 1 aliphatic rings. The normalized spacial score (nSPS) is 18.8. The number of alkyl carbamates (subject to hydrolysis) is 1. The molecule has 1 fully saturated rings. The number of amides is 1. The summed E-state index contributed by atoms with van der Waals surface area (Å²) < 4.78 is 10.6. The molecule has 0 spiro atoms. The molecule has 1 heterocycles. The maximum Gasteiger partial charge on any atom is 0.410 e. The van der Waals surface area contributed by atoms with Crippen LogP contribution in [0.2, 0.25) is 0 Å². The molecule has 86 valence electrons. The van der Waals surface area contributed by atoms with Gasteiger partial charge in [0.25, 0.3) is 6.29 Å². The third kappa shape index (κ3) is 1.89. The van der Waals surface area contributed by atoms with Gasteiger partial charge >= 0.3 is 6.09 Å². The molecule has 4 nitrogen and oxygen atoms in total. The highest BCUT2D eigenvalue weighted by molar-refractivity contribution is 5.88. The SMILES string of the molecule is O=C1NCC(Oc2cccc3ccccc23)O1. The number of carbonyl (C=O) groups is 1. The molecular formula is C13H11NO3. The van der Waals surface area contributed by atoms with E-state index in [1.165, 1.54) is 0 Å². The summed E-state index contributed by atoms with van der Waals surface area (Å²) in [5, 5.41) is 4.66. The third-order valence-electron chi connectivity index (χ3n) is 2.66. The van der Waals surface area contributed by atoms with Gasteiger partial charge in [0.2, 0.25) is 0 Å². The number of cyclic esters (lactones) is 1.